The van der Waals surface area contributed by atoms with Gasteiger partial charge in [0.15, 0.2) is 0 Å². The van der Waals surface area contributed by atoms with Gasteiger partial charge in [-0.3, -0.25) is 9.59 Å². The number of aromatic nitrogens is 2. The average molecular weight is 331 g/mol. The molecule has 1 aromatic heterocycles. The summed E-state index contributed by atoms with van der Waals surface area (Å²) in [6.45, 7) is 0. The highest BCUT2D eigenvalue weighted by molar-refractivity contribution is 5.73. The standard InChI is InChI=1S/C17H21N3O4/c1-18-14(17(22)23)9-12-6-4-5-11(7-12)8-13-15(24-3)10-19-20(2)16(13)21/h4-7,10,14,18H,8-9H2,1-3H3,(H,22,23). The first-order valence-electron chi connectivity index (χ1n) is 7.53. The van der Waals surface area contributed by atoms with Crippen molar-refractivity contribution in [1.82, 2.24) is 15.1 Å². The first-order chi connectivity index (χ1) is 11.5. The summed E-state index contributed by atoms with van der Waals surface area (Å²) in [5.74, 6) is -0.449. The molecule has 7 nitrogen and oxygen atoms in total. The minimum Gasteiger partial charge on any atom is -0.495 e. The summed E-state index contributed by atoms with van der Waals surface area (Å²) >= 11 is 0. The van der Waals surface area contributed by atoms with E-state index in [0.29, 0.717) is 24.2 Å². The van der Waals surface area contributed by atoms with Crippen LogP contribution < -0.4 is 15.6 Å². The van der Waals surface area contributed by atoms with Gasteiger partial charge in [-0.05, 0) is 24.6 Å². The molecular formula is C17H21N3O4. The van der Waals surface area contributed by atoms with Crippen molar-refractivity contribution in [3.05, 3.63) is 57.5 Å². The Balaban J connectivity index is 2.29. The van der Waals surface area contributed by atoms with E-state index in [9.17, 15) is 9.59 Å². The van der Waals surface area contributed by atoms with Gasteiger partial charge in [0.2, 0.25) is 0 Å². The third kappa shape index (κ3) is 3.99. The molecule has 1 unspecified atom stereocenters. The number of nitrogens with one attached hydrogen (secondary N) is 1. The van der Waals surface area contributed by atoms with Gasteiger partial charge >= 0.3 is 5.97 Å². The highest BCUT2D eigenvalue weighted by Gasteiger charge is 2.16. The summed E-state index contributed by atoms with van der Waals surface area (Å²) in [6, 6.07) is 6.89. The van der Waals surface area contributed by atoms with Gasteiger partial charge in [0.25, 0.3) is 5.56 Å². The van der Waals surface area contributed by atoms with Gasteiger partial charge in [0.05, 0.1) is 18.9 Å². The fraction of sp³-hybridized carbons (Fsp3) is 0.353. The Morgan fingerprint density at radius 2 is 2.12 bits per heavy atom. The molecule has 7 heteroatoms. The van der Waals surface area contributed by atoms with Crippen LogP contribution in [0.15, 0.2) is 35.3 Å². The van der Waals surface area contributed by atoms with Gasteiger partial charge in [0, 0.05) is 13.5 Å². The van der Waals surface area contributed by atoms with Crippen molar-refractivity contribution in [2.75, 3.05) is 14.2 Å². The predicted molar refractivity (Wildman–Crippen MR) is 89.5 cm³/mol. The molecule has 0 aliphatic rings. The number of methoxy groups -OCH3 is 1. The third-order valence-corrected chi connectivity index (χ3v) is 3.88. The van der Waals surface area contributed by atoms with E-state index in [1.165, 1.54) is 18.0 Å². The number of likely N-dealkylation sites (N-methyl/N-ethyl adjacent to an activating group) is 1. The summed E-state index contributed by atoms with van der Waals surface area (Å²) in [5, 5.41) is 15.9. The van der Waals surface area contributed by atoms with Crippen LogP contribution >= 0.6 is 0 Å². The summed E-state index contributed by atoms with van der Waals surface area (Å²) < 4.78 is 6.50. The maximum atomic E-state index is 12.3. The Hall–Kier alpha value is -2.67. The highest BCUT2D eigenvalue weighted by Crippen LogP contribution is 2.18. The molecule has 1 heterocycles. The quantitative estimate of drug-likeness (QED) is 0.771. The van der Waals surface area contributed by atoms with E-state index in [2.05, 4.69) is 10.4 Å². The number of carbonyl (C=O) groups is 1. The number of hydrogen-bond acceptors (Lipinski definition) is 5. The van der Waals surface area contributed by atoms with E-state index in [1.807, 2.05) is 24.3 Å². The van der Waals surface area contributed by atoms with Crippen LogP contribution in [0.1, 0.15) is 16.7 Å². The molecule has 2 aromatic rings. The van der Waals surface area contributed by atoms with Gasteiger partial charge < -0.3 is 15.2 Å². The molecule has 0 spiro atoms. The van der Waals surface area contributed by atoms with Crippen molar-refractivity contribution in [2.24, 2.45) is 7.05 Å². The molecule has 128 valence electrons. The number of carboxylic acid groups (broad SMARTS) is 1. The molecule has 24 heavy (non-hydrogen) atoms. The number of nitrogens with zero attached hydrogens (tertiary/aromatic N) is 2. The molecule has 0 aliphatic carbocycles. The second-order valence-electron chi connectivity index (χ2n) is 5.50. The van der Waals surface area contributed by atoms with E-state index < -0.39 is 12.0 Å². The zero-order chi connectivity index (χ0) is 17.7. The molecule has 0 bridgehead atoms. The van der Waals surface area contributed by atoms with Crippen molar-refractivity contribution in [3.8, 4) is 5.75 Å². The lowest BCUT2D eigenvalue weighted by Gasteiger charge is -2.13. The monoisotopic (exact) mass is 331 g/mol. The van der Waals surface area contributed by atoms with Crippen LogP contribution in [-0.2, 0) is 24.7 Å². The van der Waals surface area contributed by atoms with Crippen LogP contribution in [-0.4, -0.2) is 41.1 Å². The van der Waals surface area contributed by atoms with E-state index in [0.717, 1.165) is 11.1 Å². The molecule has 0 saturated carbocycles. The molecule has 0 aliphatic heterocycles. The first kappa shape index (κ1) is 17.7. The average Bonchev–Trinajstić information content (AvgIpc) is 2.57. The van der Waals surface area contributed by atoms with E-state index in [1.54, 1.807) is 14.1 Å². The number of hydrogen-bond donors (Lipinski definition) is 2. The largest absolute Gasteiger partial charge is 0.495 e. The van der Waals surface area contributed by atoms with Crippen LogP contribution in [0.5, 0.6) is 5.75 Å². The number of benzene rings is 1. The van der Waals surface area contributed by atoms with Gasteiger partial charge in [-0.1, -0.05) is 24.3 Å². The maximum Gasteiger partial charge on any atom is 0.321 e. The van der Waals surface area contributed by atoms with Gasteiger partial charge in [0.1, 0.15) is 11.8 Å². The number of aliphatic carboxylic acids is 1. The second kappa shape index (κ2) is 7.74. The SMILES string of the molecule is CNC(Cc1cccc(Cc2c(OC)cnn(C)c2=O)c1)C(=O)O. The third-order valence-electron chi connectivity index (χ3n) is 3.88. The van der Waals surface area contributed by atoms with Crippen LogP contribution in [0.25, 0.3) is 0 Å². The maximum absolute atomic E-state index is 12.3. The van der Waals surface area contributed by atoms with Gasteiger partial charge in [-0.15, -0.1) is 0 Å². The fourth-order valence-electron chi connectivity index (χ4n) is 2.53. The summed E-state index contributed by atoms with van der Waals surface area (Å²) in [4.78, 5) is 23.4. The molecule has 0 radical (unpaired) electrons. The Morgan fingerprint density at radius 1 is 1.42 bits per heavy atom. The smallest absolute Gasteiger partial charge is 0.321 e. The van der Waals surface area contributed by atoms with Gasteiger partial charge in [-0.2, -0.15) is 5.10 Å². The van der Waals surface area contributed by atoms with E-state index in [-0.39, 0.29) is 5.56 Å². The van der Waals surface area contributed by atoms with Crippen molar-refractivity contribution in [2.45, 2.75) is 18.9 Å². The molecule has 1 aromatic carbocycles. The topological polar surface area (TPSA) is 93.5 Å². The van der Waals surface area contributed by atoms with Crippen molar-refractivity contribution in [3.63, 3.8) is 0 Å². The van der Waals surface area contributed by atoms with Crippen LogP contribution in [0.3, 0.4) is 0 Å². The molecule has 2 rings (SSSR count). The molecule has 0 saturated heterocycles. The van der Waals surface area contributed by atoms with Crippen molar-refractivity contribution >= 4 is 5.97 Å². The lowest BCUT2D eigenvalue weighted by atomic mass is 10.00. The molecular weight excluding hydrogens is 310 g/mol. The lowest BCUT2D eigenvalue weighted by Crippen LogP contribution is -2.35. The summed E-state index contributed by atoms with van der Waals surface area (Å²) in [7, 11) is 4.71. The minimum atomic E-state index is -0.896. The number of rotatable bonds is 7. The summed E-state index contributed by atoms with van der Waals surface area (Å²) in [6.07, 6.45) is 2.27. The first-order valence-corrected chi connectivity index (χ1v) is 7.53. The van der Waals surface area contributed by atoms with Crippen LogP contribution in [0.4, 0.5) is 0 Å². The molecule has 0 fully saturated rings. The zero-order valence-electron chi connectivity index (χ0n) is 13.9. The minimum absolute atomic E-state index is 0.210. The molecule has 2 N–H and O–H groups in total. The van der Waals surface area contributed by atoms with Gasteiger partial charge in [-0.25, -0.2) is 4.68 Å². The molecule has 1 atom stereocenters. The number of carboxylic acids is 1. The van der Waals surface area contributed by atoms with Crippen LogP contribution in [0.2, 0.25) is 0 Å². The molecule has 0 amide bonds. The second-order valence-corrected chi connectivity index (χ2v) is 5.50. The highest BCUT2D eigenvalue weighted by atomic mass is 16.5. The summed E-state index contributed by atoms with van der Waals surface area (Å²) in [5.41, 5.74) is 2.11. The Labute approximate surface area is 139 Å². The van der Waals surface area contributed by atoms with Crippen LogP contribution in [0, 0.1) is 0 Å². The van der Waals surface area contributed by atoms with Crippen molar-refractivity contribution < 1.29 is 14.6 Å². The van der Waals surface area contributed by atoms with E-state index in [4.69, 9.17) is 9.84 Å². The zero-order valence-corrected chi connectivity index (χ0v) is 13.9. The number of aryl methyl sites for hydroxylation is 1. The Kier molecular flexibility index (Phi) is 5.70. The Morgan fingerprint density at radius 3 is 2.75 bits per heavy atom. The Bertz CT molecular complexity index is 786. The normalized spacial score (nSPS) is 12.0. The lowest BCUT2D eigenvalue weighted by molar-refractivity contribution is -0.139. The predicted octanol–water partition coefficient (Wildman–Crippen LogP) is 0.595. The van der Waals surface area contributed by atoms with Crippen molar-refractivity contribution in [1.29, 1.82) is 0 Å². The number of ether oxygens (including phenoxy) is 1. The van der Waals surface area contributed by atoms with E-state index >= 15 is 0 Å². The fourth-order valence-corrected chi connectivity index (χ4v) is 2.53.